The molecule has 0 saturated heterocycles. The van der Waals surface area contributed by atoms with Crippen LogP contribution in [-0.2, 0) is 11.4 Å². The first-order chi connectivity index (χ1) is 11.1. The van der Waals surface area contributed by atoms with Crippen molar-refractivity contribution >= 4 is 17.5 Å². The van der Waals surface area contributed by atoms with Crippen LogP contribution in [0.2, 0.25) is 0 Å². The minimum absolute atomic E-state index is 0.0580. The van der Waals surface area contributed by atoms with E-state index in [4.69, 9.17) is 5.11 Å². The lowest BCUT2D eigenvalue weighted by molar-refractivity contribution is -0.117. The van der Waals surface area contributed by atoms with Crippen molar-refractivity contribution in [3.63, 3.8) is 0 Å². The van der Waals surface area contributed by atoms with Crippen molar-refractivity contribution in [2.75, 3.05) is 5.75 Å². The van der Waals surface area contributed by atoms with Crippen LogP contribution in [0.4, 0.5) is 0 Å². The van der Waals surface area contributed by atoms with Gasteiger partial charge in [-0.3, -0.25) is 4.98 Å². The number of carbonyl (C=O) groups excluding carboxylic acids is 1. The molecule has 1 aromatic carbocycles. The fraction of sp³-hybridized carbons (Fsp3) is 0.368. The number of benzene rings is 1. The fourth-order valence-corrected chi connectivity index (χ4v) is 4.16. The van der Waals surface area contributed by atoms with Gasteiger partial charge in [-0.15, -0.1) is 11.8 Å². The van der Waals surface area contributed by atoms with Crippen LogP contribution in [0.3, 0.4) is 0 Å². The zero-order valence-electron chi connectivity index (χ0n) is 13.3. The summed E-state index contributed by atoms with van der Waals surface area (Å²) in [5, 5.41) is 9.16. The number of thioether (sulfide) groups is 1. The number of pyridine rings is 1. The quantitative estimate of drug-likeness (QED) is 0.778. The molecule has 1 N–H and O–H groups in total. The number of hydrogen-bond acceptors (Lipinski definition) is 4. The maximum atomic E-state index is 11.4. The van der Waals surface area contributed by atoms with Crippen molar-refractivity contribution in [2.45, 2.75) is 37.7 Å². The topological polar surface area (TPSA) is 50.2 Å². The summed E-state index contributed by atoms with van der Waals surface area (Å²) in [5.74, 6) is 1.27. The maximum Gasteiger partial charge on any atom is 0.130 e. The summed E-state index contributed by atoms with van der Waals surface area (Å²) in [5.41, 5.74) is 3.35. The average Bonchev–Trinajstić information content (AvgIpc) is 3.32. The van der Waals surface area contributed by atoms with Crippen molar-refractivity contribution in [1.82, 2.24) is 4.98 Å². The average molecular weight is 327 g/mol. The number of carbonyl (C=O) groups is 1. The highest BCUT2D eigenvalue weighted by atomic mass is 32.2. The summed E-state index contributed by atoms with van der Waals surface area (Å²) in [4.78, 5) is 16.9. The molecule has 0 amide bonds. The van der Waals surface area contributed by atoms with Gasteiger partial charge in [-0.05, 0) is 42.4 Å². The van der Waals surface area contributed by atoms with Gasteiger partial charge in [0, 0.05) is 35.0 Å². The first-order valence-corrected chi connectivity index (χ1v) is 8.87. The number of ketones is 1. The minimum atomic E-state index is 0.0580. The van der Waals surface area contributed by atoms with E-state index in [1.54, 1.807) is 6.92 Å². The monoisotopic (exact) mass is 327 g/mol. The molecule has 2 aromatic rings. The molecule has 1 heterocycles. The molecule has 0 unspecified atom stereocenters. The molecule has 23 heavy (non-hydrogen) atoms. The zero-order chi connectivity index (χ0) is 16.3. The van der Waals surface area contributed by atoms with E-state index in [1.165, 1.54) is 4.90 Å². The molecule has 1 aliphatic carbocycles. The van der Waals surface area contributed by atoms with Crippen molar-refractivity contribution in [3.8, 4) is 11.1 Å². The van der Waals surface area contributed by atoms with E-state index in [0.29, 0.717) is 6.42 Å². The summed E-state index contributed by atoms with van der Waals surface area (Å²) in [6.07, 6.45) is 6.72. The third-order valence-electron chi connectivity index (χ3n) is 4.34. The van der Waals surface area contributed by atoms with Gasteiger partial charge in [0.05, 0.1) is 6.61 Å². The molecule has 1 aromatic heterocycles. The van der Waals surface area contributed by atoms with Gasteiger partial charge in [0.25, 0.3) is 0 Å². The van der Waals surface area contributed by atoms with Gasteiger partial charge in [0.2, 0.25) is 0 Å². The highest BCUT2D eigenvalue weighted by Crippen LogP contribution is 2.52. The Morgan fingerprint density at radius 2 is 2.00 bits per heavy atom. The summed E-state index contributed by atoms with van der Waals surface area (Å²) < 4.78 is 0. The lowest BCUT2D eigenvalue weighted by Crippen LogP contribution is -2.09. The number of rotatable bonds is 7. The Bertz CT molecular complexity index is 693. The van der Waals surface area contributed by atoms with Gasteiger partial charge in [0.15, 0.2) is 0 Å². The lowest BCUT2D eigenvalue weighted by atomic mass is 10.0. The summed E-state index contributed by atoms with van der Waals surface area (Å²) >= 11 is 1.82. The molecule has 1 fully saturated rings. The zero-order valence-corrected chi connectivity index (χ0v) is 14.1. The number of aliphatic hydroxyl groups is 1. The maximum absolute atomic E-state index is 11.4. The van der Waals surface area contributed by atoms with Crippen LogP contribution in [0, 0.1) is 5.41 Å². The van der Waals surface area contributed by atoms with Crippen LogP contribution in [-0.4, -0.2) is 21.6 Å². The largest absolute Gasteiger partial charge is 0.392 e. The standard InChI is InChI=1S/C19H21NO2S/c1-14(22)10-19(7-8-19)13-23-18-6-9-20-11-17(18)16-4-2-15(12-21)3-5-16/h2-6,9,11,21H,7-8,10,12-13H2,1H3. The Morgan fingerprint density at radius 3 is 2.61 bits per heavy atom. The molecule has 4 heteroatoms. The second-order valence-electron chi connectivity index (χ2n) is 6.39. The van der Waals surface area contributed by atoms with E-state index < -0.39 is 0 Å². The highest BCUT2D eigenvalue weighted by Gasteiger charge is 2.43. The van der Waals surface area contributed by atoms with Crippen LogP contribution in [0.1, 0.15) is 31.7 Å². The van der Waals surface area contributed by atoms with Crippen LogP contribution in [0.5, 0.6) is 0 Å². The van der Waals surface area contributed by atoms with Gasteiger partial charge in [0.1, 0.15) is 5.78 Å². The number of aromatic nitrogens is 1. The van der Waals surface area contributed by atoms with E-state index in [2.05, 4.69) is 4.98 Å². The van der Waals surface area contributed by atoms with Crippen LogP contribution in [0.25, 0.3) is 11.1 Å². The molecule has 0 bridgehead atoms. The van der Waals surface area contributed by atoms with E-state index in [9.17, 15) is 4.79 Å². The highest BCUT2D eigenvalue weighted by molar-refractivity contribution is 7.99. The number of aliphatic hydroxyl groups excluding tert-OH is 1. The number of nitrogens with zero attached hydrogens (tertiary/aromatic N) is 1. The third kappa shape index (κ3) is 4.01. The molecular formula is C19H21NO2S. The van der Waals surface area contributed by atoms with Crippen molar-refractivity contribution in [3.05, 3.63) is 48.3 Å². The van der Waals surface area contributed by atoms with Gasteiger partial charge < -0.3 is 9.90 Å². The van der Waals surface area contributed by atoms with Crippen molar-refractivity contribution < 1.29 is 9.90 Å². The molecule has 3 nitrogen and oxygen atoms in total. The molecule has 0 atom stereocenters. The molecule has 120 valence electrons. The molecule has 1 saturated carbocycles. The molecular weight excluding hydrogens is 306 g/mol. The molecule has 0 radical (unpaired) electrons. The van der Waals surface area contributed by atoms with E-state index in [-0.39, 0.29) is 17.8 Å². The van der Waals surface area contributed by atoms with E-state index in [1.807, 2.05) is 54.5 Å². The van der Waals surface area contributed by atoms with Gasteiger partial charge in [-0.1, -0.05) is 24.3 Å². The number of hydrogen-bond donors (Lipinski definition) is 1. The van der Waals surface area contributed by atoms with Crippen LogP contribution >= 0.6 is 11.8 Å². The van der Waals surface area contributed by atoms with E-state index in [0.717, 1.165) is 35.3 Å². The van der Waals surface area contributed by atoms with Gasteiger partial charge in [-0.25, -0.2) is 0 Å². The van der Waals surface area contributed by atoms with Crippen molar-refractivity contribution in [1.29, 1.82) is 0 Å². The second-order valence-corrected chi connectivity index (χ2v) is 7.41. The van der Waals surface area contributed by atoms with Crippen LogP contribution < -0.4 is 0 Å². The Labute approximate surface area is 141 Å². The fourth-order valence-electron chi connectivity index (χ4n) is 2.82. The van der Waals surface area contributed by atoms with Gasteiger partial charge >= 0.3 is 0 Å². The van der Waals surface area contributed by atoms with E-state index >= 15 is 0 Å². The normalized spacial score (nSPS) is 15.4. The summed E-state index contributed by atoms with van der Waals surface area (Å²) in [7, 11) is 0. The first-order valence-electron chi connectivity index (χ1n) is 7.88. The lowest BCUT2D eigenvalue weighted by Gasteiger charge is -2.14. The molecule has 0 aliphatic heterocycles. The second kappa shape index (κ2) is 6.85. The molecule has 1 aliphatic rings. The predicted molar refractivity (Wildman–Crippen MR) is 93.3 cm³/mol. The predicted octanol–water partition coefficient (Wildman–Crippen LogP) is 4.09. The Hall–Kier alpha value is -1.65. The Balaban J connectivity index is 1.76. The summed E-state index contributed by atoms with van der Waals surface area (Å²) in [6.45, 7) is 1.74. The molecule has 3 rings (SSSR count). The van der Waals surface area contributed by atoms with Gasteiger partial charge in [-0.2, -0.15) is 0 Å². The Kier molecular flexibility index (Phi) is 4.83. The van der Waals surface area contributed by atoms with Crippen LogP contribution in [0.15, 0.2) is 47.6 Å². The third-order valence-corrected chi connectivity index (χ3v) is 5.77. The first kappa shape index (κ1) is 16.2. The SMILES string of the molecule is CC(=O)CC1(CSc2ccncc2-c2ccc(CO)cc2)CC1. The smallest absolute Gasteiger partial charge is 0.130 e. The Morgan fingerprint density at radius 1 is 1.26 bits per heavy atom. The number of Topliss-reactive ketones (excluding diaryl/α,β-unsaturated/α-hetero) is 1. The van der Waals surface area contributed by atoms with Crippen molar-refractivity contribution in [2.24, 2.45) is 5.41 Å². The summed E-state index contributed by atoms with van der Waals surface area (Å²) in [6, 6.07) is 9.97. The molecule has 0 spiro atoms. The minimum Gasteiger partial charge on any atom is -0.392 e.